The van der Waals surface area contributed by atoms with Crippen LogP contribution in [0.5, 0.6) is 0 Å². The Balaban J connectivity index is 1.61. The van der Waals surface area contributed by atoms with Crippen molar-refractivity contribution in [2.45, 2.75) is 77.5 Å². The molecule has 2 aliphatic rings. The summed E-state index contributed by atoms with van der Waals surface area (Å²) >= 11 is 0. The van der Waals surface area contributed by atoms with Gasteiger partial charge in [-0.05, 0) is 71.8 Å². The Labute approximate surface area is 132 Å². The zero-order valence-corrected chi connectivity index (χ0v) is 14.7. The van der Waals surface area contributed by atoms with Crippen molar-refractivity contribution in [1.29, 1.82) is 0 Å². The van der Waals surface area contributed by atoms with Crippen molar-refractivity contribution in [2.24, 2.45) is 5.92 Å². The Kier molecular flexibility index (Phi) is 6.97. The molecule has 21 heavy (non-hydrogen) atoms. The van der Waals surface area contributed by atoms with Gasteiger partial charge in [-0.3, -0.25) is 9.80 Å². The van der Waals surface area contributed by atoms with Gasteiger partial charge in [-0.1, -0.05) is 0 Å². The van der Waals surface area contributed by atoms with E-state index in [0.717, 1.165) is 12.0 Å². The number of ether oxygens (including phenoxy) is 1. The smallest absolute Gasteiger partial charge is 0.0571 e. The lowest BCUT2D eigenvalue weighted by Gasteiger charge is -2.42. The van der Waals surface area contributed by atoms with E-state index in [2.05, 4.69) is 30.6 Å². The lowest BCUT2D eigenvalue weighted by atomic mass is 9.84. The van der Waals surface area contributed by atoms with Crippen molar-refractivity contribution in [3.8, 4) is 0 Å². The van der Waals surface area contributed by atoms with E-state index in [4.69, 9.17) is 4.74 Å². The van der Waals surface area contributed by atoms with Crippen molar-refractivity contribution in [3.63, 3.8) is 0 Å². The molecule has 1 unspecified atom stereocenters. The minimum atomic E-state index is 0.547. The van der Waals surface area contributed by atoms with Gasteiger partial charge in [-0.15, -0.1) is 0 Å². The van der Waals surface area contributed by atoms with Gasteiger partial charge in [0.25, 0.3) is 0 Å². The highest BCUT2D eigenvalue weighted by Gasteiger charge is 2.25. The molecule has 3 heteroatoms. The van der Waals surface area contributed by atoms with Crippen LogP contribution < -0.4 is 0 Å². The lowest BCUT2D eigenvalue weighted by molar-refractivity contribution is 0.0497. The fourth-order valence-electron chi connectivity index (χ4n) is 4.06. The van der Waals surface area contributed by atoms with Crippen LogP contribution in [-0.2, 0) is 4.74 Å². The summed E-state index contributed by atoms with van der Waals surface area (Å²) in [4.78, 5) is 5.33. The highest BCUT2D eigenvalue weighted by molar-refractivity contribution is 4.81. The second-order valence-corrected chi connectivity index (χ2v) is 7.49. The lowest BCUT2D eigenvalue weighted by Crippen LogP contribution is -2.53. The first-order chi connectivity index (χ1) is 10.1. The minimum absolute atomic E-state index is 0.547. The van der Waals surface area contributed by atoms with Crippen LogP contribution in [0.2, 0.25) is 0 Å². The van der Waals surface area contributed by atoms with Crippen molar-refractivity contribution in [1.82, 2.24) is 9.80 Å². The van der Waals surface area contributed by atoms with Crippen LogP contribution in [0.15, 0.2) is 0 Å². The van der Waals surface area contributed by atoms with Crippen LogP contribution in [0.25, 0.3) is 0 Å². The summed E-state index contributed by atoms with van der Waals surface area (Å²) in [5.41, 5.74) is 0. The first-order valence-corrected chi connectivity index (χ1v) is 9.11. The van der Waals surface area contributed by atoms with Crippen LogP contribution in [0.1, 0.15) is 59.3 Å². The molecule has 0 aromatic carbocycles. The third-order valence-electron chi connectivity index (χ3n) is 5.71. The number of hydrogen-bond donors (Lipinski definition) is 0. The Morgan fingerprint density at radius 2 is 1.81 bits per heavy atom. The summed E-state index contributed by atoms with van der Waals surface area (Å²) in [6.45, 7) is 12.1. The van der Waals surface area contributed by atoms with Gasteiger partial charge in [0.1, 0.15) is 0 Å². The number of nitrogens with zero attached hydrogens (tertiary/aromatic N) is 2. The molecule has 0 spiro atoms. The minimum Gasteiger partial charge on any atom is -0.381 e. The molecule has 0 N–H and O–H groups in total. The zero-order chi connectivity index (χ0) is 15.2. The number of rotatable bonds is 6. The van der Waals surface area contributed by atoms with Gasteiger partial charge in [-0.25, -0.2) is 0 Å². The van der Waals surface area contributed by atoms with Crippen LogP contribution in [0, 0.1) is 5.92 Å². The summed E-state index contributed by atoms with van der Waals surface area (Å²) in [6.07, 6.45) is 8.69. The van der Waals surface area contributed by atoms with Gasteiger partial charge < -0.3 is 4.74 Å². The fraction of sp³-hybridized carbons (Fsp3) is 1.00. The van der Waals surface area contributed by atoms with Gasteiger partial charge in [-0.2, -0.15) is 0 Å². The molecule has 1 atom stereocenters. The topological polar surface area (TPSA) is 15.7 Å². The molecule has 2 fully saturated rings. The van der Waals surface area contributed by atoms with Crippen LogP contribution in [-0.4, -0.2) is 61.3 Å². The van der Waals surface area contributed by atoms with Gasteiger partial charge >= 0.3 is 0 Å². The Hall–Kier alpha value is -0.120. The average molecular weight is 296 g/mol. The summed E-state index contributed by atoms with van der Waals surface area (Å²) in [5, 5.41) is 0. The summed E-state index contributed by atoms with van der Waals surface area (Å²) < 4.78 is 5.47. The molecule has 1 aliphatic carbocycles. The predicted molar refractivity (Wildman–Crippen MR) is 89.7 cm³/mol. The molecule has 124 valence electrons. The van der Waals surface area contributed by atoms with Crippen molar-refractivity contribution < 1.29 is 4.74 Å². The normalized spacial score (nSPS) is 32.7. The Morgan fingerprint density at radius 3 is 2.38 bits per heavy atom. The zero-order valence-electron chi connectivity index (χ0n) is 14.7. The molecular formula is C18H36N2O. The van der Waals surface area contributed by atoms with Crippen LogP contribution in [0.4, 0.5) is 0 Å². The van der Waals surface area contributed by atoms with Gasteiger partial charge in [0.05, 0.1) is 6.10 Å². The highest BCUT2D eigenvalue weighted by atomic mass is 16.5. The molecule has 1 heterocycles. The molecule has 3 nitrogen and oxygen atoms in total. The Bertz CT molecular complexity index is 287. The van der Waals surface area contributed by atoms with Crippen molar-refractivity contribution in [2.75, 3.05) is 33.3 Å². The molecule has 0 radical (unpaired) electrons. The van der Waals surface area contributed by atoms with E-state index in [1.54, 1.807) is 0 Å². The predicted octanol–water partition coefficient (Wildman–Crippen LogP) is 3.39. The first-order valence-electron chi connectivity index (χ1n) is 9.11. The van der Waals surface area contributed by atoms with E-state index in [1.807, 2.05) is 7.11 Å². The Morgan fingerprint density at radius 1 is 1.10 bits per heavy atom. The first kappa shape index (κ1) is 17.2. The molecule has 0 aromatic rings. The second kappa shape index (κ2) is 8.50. The van der Waals surface area contributed by atoms with Crippen molar-refractivity contribution >= 4 is 0 Å². The quantitative estimate of drug-likeness (QED) is 0.747. The standard InChI is InChI=1S/C18H36N2O/c1-15(2)20-13-12-19(16(3)14-20)11-5-6-17-7-9-18(21-4)10-8-17/h15-18H,5-14H2,1-4H3. The van der Waals surface area contributed by atoms with Gasteiger partial charge in [0.2, 0.25) is 0 Å². The maximum atomic E-state index is 5.47. The molecule has 0 bridgehead atoms. The van der Waals surface area contributed by atoms with E-state index < -0.39 is 0 Å². The van der Waals surface area contributed by atoms with Gasteiger partial charge in [0, 0.05) is 38.8 Å². The second-order valence-electron chi connectivity index (χ2n) is 7.49. The van der Waals surface area contributed by atoms with E-state index >= 15 is 0 Å². The number of piperazine rings is 1. The van der Waals surface area contributed by atoms with Crippen LogP contribution in [0.3, 0.4) is 0 Å². The fourth-order valence-corrected chi connectivity index (χ4v) is 4.06. The molecule has 1 saturated heterocycles. The third kappa shape index (κ3) is 5.22. The maximum Gasteiger partial charge on any atom is 0.0571 e. The van der Waals surface area contributed by atoms with E-state index in [1.165, 1.54) is 64.7 Å². The molecule has 1 saturated carbocycles. The summed E-state index contributed by atoms with van der Waals surface area (Å²) in [6, 6.07) is 1.43. The maximum absolute atomic E-state index is 5.47. The molecule has 0 amide bonds. The largest absolute Gasteiger partial charge is 0.381 e. The van der Waals surface area contributed by atoms with E-state index in [-0.39, 0.29) is 0 Å². The molecular weight excluding hydrogens is 260 g/mol. The number of methoxy groups -OCH3 is 1. The highest BCUT2D eigenvalue weighted by Crippen LogP contribution is 2.29. The monoisotopic (exact) mass is 296 g/mol. The SMILES string of the molecule is COC1CCC(CCCN2CCN(C(C)C)CC2C)CC1. The van der Waals surface area contributed by atoms with E-state index in [0.29, 0.717) is 12.1 Å². The third-order valence-corrected chi connectivity index (χ3v) is 5.71. The number of hydrogen-bond acceptors (Lipinski definition) is 3. The summed E-state index contributed by atoms with van der Waals surface area (Å²) in [7, 11) is 1.86. The molecule has 0 aromatic heterocycles. The van der Waals surface area contributed by atoms with Gasteiger partial charge in [0.15, 0.2) is 0 Å². The van der Waals surface area contributed by atoms with Crippen molar-refractivity contribution in [3.05, 3.63) is 0 Å². The summed E-state index contributed by atoms with van der Waals surface area (Å²) in [5.74, 6) is 0.962. The average Bonchev–Trinajstić information content (AvgIpc) is 2.49. The van der Waals surface area contributed by atoms with Crippen LogP contribution >= 0.6 is 0 Å². The molecule has 2 rings (SSSR count). The molecule has 1 aliphatic heterocycles. The van der Waals surface area contributed by atoms with E-state index in [9.17, 15) is 0 Å².